The standard InChI is InChI=1S/C12H28O7P2.2CH3.2Y/c1-2-3-4-5-6-7-8-9-10-11-12(13,20(14,15)16)21(17,18)19;;;;/h13H,2-11H2,1H3,(H2,14,15,16)(H2,17,18,19);2*1H3;;/q;2*+1;;/p-4. The van der Waals surface area contributed by atoms with Crippen molar-refractivity contribution >= 4 is 15.2 Å². The van der Waals surface area contributed by atoms with Crippen LogP contribution >= 0.6 is 15.2 Å². The minimum atomic E-state index is -5.92. The topological polar surface area (TPSA) is 147 Å². The summed E-state index contributed by atoms with van der Waals surface area (Å²) in [5, 5.41) is 5.71. The fourth-order valence-corrected chi connectivity index (χ4v) is 4.16. The maximum atomic E-state index is 10.8. The van der Waals surface area contributed by atoms with Crippen LogP contribution < -0.4 is 19.6 Å². The Labute approximate surface area is 203 Å². The van der Waals surface area contributed by atoms with Crippen molar-refractivity contribution in [2.24, 2.45) is 0 Å². The minimum Gasteiger partial charge on any atom is -0.808 e. The number of rotatable bonds is 12. The van der Waals surface area contributed by atoms with Crippen molar-refractivity contribution in [2.75, 3.05) is 0 Å². The first-order valence-electron chi connectivity index (χ1n) is 7.33. The first-order valence-corrected chi connectivity index (χ1v) is 10.4. The molecule has 2 radical (unpaired) electrons. The maximum Gasteiger partial charge on any atom is 0.117 e. The van der Waals surface area contributed by atoms with E-state index in [1.54, 1.807) is 0 Å². The first-order chi connectivity index (χ1) is 9.56. The fourth-order valence-electron chi connectivity index (χ4n) is 2.10. The van der Waals surface area contributed by atoms with E-state index in [1.807, 2.05) is 0 Å². The summed E-state index contributed by atoms with van der Waals surface area (Å²) in [7, 11) is -11.8. The van der Waals surface area contributed by atoms with E-state index in [0.717, 1.165) is 32.1 Å². The zero-order valence-electron chi connectivity index (χ0n) is 15.5. The van der Waals surface area contributed by atoms with Crippen LogP contribution in [0.5, 0.6) is 0 Å². The van der Waals surface area contributed by atoms with Gasteiger partial charge in [0.25, 0.3) is 0 Å². The van der Waals surface area contributed by atoms with E-state index in [1.165, 1.54) is 12.8 Å². The smallest absolute Gasteiger partial charge is 0.117 e. The van der Waals surface area contributed by atoms with Crippen molar-refractivity contribution in [1.29, 1.82) is 0 Å². The summed E-state index contributed by atoms with van der Waals surface area (Å²) in [5.41, 5.74) is 0. The van der Waals surface area contributed by atoms with Gasteiger partial charge in [-0.2, -0.15) is 0 Å². The molecule has 0 aromatic rings. The summed E-state index contributed by atoms with van der Waals surface area (Å²) in [4.78, 5) is 43.3. The number of unbranched alkanes of at least 4 members (excludes halogenated alkanes) is 8. The monoisotopic (exact) mass is 550 g/mol. The molecule has 1 N–H and O–H groups in total. The Kier molecular flexibility index (Phi) is 27.7. The van der Waals surface area contributed by atoms with Crippen LogP contribution in [0.25, 0.3) is 0 Å². The molecule has 0 atom stereocenters. The van der Waals surface area contributed by atoms with Crippen molar-refractivity contribution in [2.45, 2.75) is 76.2 Å². The fraction of sp³-hybridized carbons (Fsp3) is 0.857. The summed E-state index contributed by atoms with van der Waals surface area (Å²) >= 11 is 0. The van der Waals surface area contributed by atoms with Gasteiger partial charge in [-0.25, -0.2) is 0 Å². The quantitative estimate of drug-likeness (QED) is 0.219. The molecule has 0 fully saturated rings. The summed E-state index contributed by atoms with van der Waals surface area (Å²) in [5.74, 6) is 0. The molecule has 0 saturated heterocycles. The van der Waals surface area contributed by atoms with Gasteiger partial charge in [0, 0.05) is 80.3 Å². The van der Waals surface area contributed by atoms with Crippen LogP contribution in [0.15, 0.2) is 0 Å². The molecular formula is C14H30O7P2Y2-2. The largest absolute Gasteiger partial charge is 0.808 e. The Morgan fingerprint density at radius 3 is 1.28 bits per heavy atom. The molecule has 0 aliphatic heterocycles. The molecule has 0 rings (SSSR count). The number of hydrogen-bond donors (Lipinski definition) is 1. The summed E-state index contributed by atoms with van der Waals surface area (Å²) in [6.07, 6.45) is 6.96. The first kappa shape index (κ1) is 37.9. The van der Waals surface area contributed by atoms with Gasteiger partial charge in [0.05, 0.1) is 0 Å². The summed E-state index contributed by atoms with van der Waals surface area (Å²) in [6, 6.07) is 0. The van der Waals surface area contributed by atoms with E-state index in [4.69, 9.17) is 0 Å². The molecule has 0 amide bonds. The predicted octanol–water partition coefficient (Wildman–Crippen LogP) is 1.28. The maximum absolute atomic E-state index is 10.8. The van der Waals surface area contributed by atoms with Crippen LogP contribution in [0.1, 0.15) is 71.1 Å². The van der Waals surface area contributed by atoms with Crippen molar-refractivity contribution in [3.63, 3.8) is 0 Å². The van der Waals surface area contributed by atoms with E-state index in [0.29, 0.717) is 6.42 Å². The van der Waals surface area contributed by atoms with Crippen LogP contribution in [0.2, 0.25) is 0 Å². The average Bonchev–Trinajstić information content (AvgIpc) is 2.33. The predicted molar refractivity (Wildman–Crippen MR) is 84.8 cm³/mol. The van der Waals surface area contributed by atoms with E-state index < -0.39 is 26.7 Å². The Hall–Kier alpha value is 2.21. The van der Waals surface area contributed by atoms with Gasteiger partial charge < -0.3 is 33.8 Å². The number of aliphatic hydroxyl groups is 1. The minimum absolute atomic E-state index is 0. The third-order valence-corrected chi connectivity index (χ3v) is 7.16. The van der Waals surface area contributed by atoms with Gasteiger partial charge in [0.1, 0.15) is 5.08 Å². The van der Waals surface area contributed by atoms with Crippen molar-refractivity contribution in [3.05, 3.63) is 14.9 Å². The zero-order chi connectivity index (χ0) is 16.6. The molecular weight excluding hydrogens is 520 g/mol. The number of hydrogen-bond acceptors (Lipinski definition) is 7. The normalized spacial score (nSPS) is 11.4. The van der Waals surface area contributed by atoms with Crippen LogP contribution in [0.3, 0.4) is 0 Å². The molecule has 0 unspecified atom stereocenters. The van der Waals surface area contributed by atoms with E-state index in [-0.39, 0.29) is 86.7 Å². The molecule has 0 saturated carbocycles. The van der Waals surface area contributed by atoms with Crippen LogP contribution in [-0.2, 0) is 74.5 Å². The van der Waals surface area contributed by atoms with Gasteiger partial charge in [-0.3, -0.25) is 0 Å². The molecule has 0 spiro atoms. The Bertz CT molecular complexity index is 363. The van der Waals surface area contributed by atoms with Gasteiger partial charge in [0.2, 0.25) is 0 Å². The van der Waals surface area contributed by atoms with Crippen LogP contribution in [-0.4, -0.2) is 10.2 Å². The van der Waals surface area contributed by atoms with E-state index >= 15 is 0 Å². The summed E-state index contributed by atoms with van der Waals surface area (Å²) < 4.78 is 21.6. The van der Waals surface area contributed by atoms with Gasteiger partial charge in [-0.1, -0.05) is 58.3 Å². The van der Waals surface area contributed by atoms with Gasteiger partial charge >= 0.3 is 0 Å². The molecule has 0 bridgehead atoms. The second-order valence-corrected chi connectivity index (χ2v) is 9.17. The summed E-state index contributed by atoms with van der Waals surface area (Å²) in [6.45, 7) is 2.12. The average molecular weight is 550 g/mol. The Morgan fingerprint density at radius 1 is 0.720 bits per heavy atom. The van der Waals surface area contributed by atoms with Gasteiger partial charge in [0.15, 0.2) is 0 Å². The molecule has 0 heterocycles. The Balaban J connectivity index is -0.000000333. The SMILES string of the molecule is CCCCCCCCCCCC(O)(P(=O)([O-])[O-])P(=O)([O-])[O-].[CH3+].[CH3+].[Y].[Y]. The third-order valence-electron chi connectivity index (χ3n) is 3.49. The third kappa shape index (κ3) is 14.8. The molecule has 0 aliphatic carbocycles. The molecule has 7 nitrogen and oxygen atoms in total. The molecule has 0 aromatic carbocycles. The molecule has 0 aromatic heterocycles. The zero-order valence-corrected chi connectivity index (χ0v) is 23.0. The van der Waals surface area contributed by atoms with Crippen LogP contribution in [0, 0.1) is 14.9 Å². The van der Waals surface area contributed by atoms with E-state index in [9.17, 15) is 33.8 Å². The van der Waals surface area contributed by atoms with Crippen molar-refractivity contribution in [3.8, 4) is 0 Å². The molecule has 0 aliphatic rings. The second-order valence-electron chi connectivity index (χ2n) is 5.35. The second kappa shape index (κ2) is 18.2. The molecule has 25 heavy (non-hydrogen) atoms. The molecule has 146 valence electrons. The van der Waals surface area contributed by atoms with Crippen molar-refractivity contribution in [1.82, 2.24) is 0 Å². The van der Waals surface area contributed by atoms with Crippen LogP contribution in [0.4, 0.5) is 0 Å². The Morgan fingerprint density at radius 2 is 1.00 bits per heavy atom. The van der Waals surface area contributed by atoms with Crippen molar-refractivity contribution < 1.29 is 99.2 Å². The molecule has 11 heteroatoms. The van der Waals surface area contributed by atoms with Gasteiger partial charge in [-0.15, -0.1) is 0 Å². The van der Waals surface area contributed by atoms with E-state index in [2.05, 4.69) is 6.92 Å². The van der Waals surface area contributed by atoms with Gasteiger partial charge in [-0.05, 0) is 28.0 Å².